The van der Waals surface area contributed by atoms with Crippen LogP contribution < -0.4 is 5.56 Å². The Labute approximate surface area is 192 Å². The van der Waals surface area contributed by atoms with Crippen LogP contribution in [0.2, 0.25) is 0 Å². The zero-order valence-electron chi connectivity index (χ0n) is 18.7. The number of phenolic OH excluding ortho intramolecular Hbond substituents is 1. The number of hydrogen-bond donors (Lipinski definition) is 1. The van der Waals surface area contributed by atoms with Crippen LogP contribution in [0.1, 0.15) is 24.2 Å². The number of nitrogens with zero attached hydrogens (tertiary/aromatic N) is 4. The number of carbonyl (C=O) groups is 2. The lowest BCUT2D eigenvalue weighted by atomic mass is 10.1. The van der Waals surface area contributed by atoms with E-state index in [4.69, 9.17) is 0 Å². The first-order chi connectivity index (χ1) is 15.7. The summed E-state index contributed by atoms with van der Waals surface area (Å²) >= 11 is 0. The number of carbonyl (C=O) groups excluding carboxylic acids is 2. The molecule has 0 radical (unpaired) electrons. The van der Waals surface area contributed by atoms with Crippen LogP contribution in [0.25, 0.3) is 0 Å². The number of aromatic nitrogens is 1. The summed E-state index contributed by atoms with van der Waals surface area (Å²) in [6, 6.07) is 8.68. The second kappa shape index (κ2) is 10.2. The summed E-state index contributed by atoms with van der Waals surface area (Å²) in [4.78, 5) is 40.7. The molecule has 1 saturated heterocycles. The van der Waals surface area contributed by atoms with Gasteiger partial charge in [0.15, 0.2) is 0 Å². The van der Waals surface area contributed by atoms with Crippen LogP contribution in [0.4, 0.5) is 0 Å². The van der Waals surface area contributed by atoms with Crippen molar-refractivity contribution in [3.63, 3.8) is 0 Å². The van der Waals surface area contributed by atoms with Crippen molar-refractivity contribution >= 4 is 21.8 Å². The maximum absolute atomic E-state index is 12.8. The van der Waals surface area contributed by atoms with Crippen molar-refractivity contribution in [1.82, 2.24) is 18.7 Å². The zero-order valence-corrected chi connectivity index (χ0v) is 19.5. The molecule has 2 aromatic rings. The Morgan fingerprint density at radius 1 is 0.970 bits per heavy atom. The zero-order chi connectivity index (χ0) is 24.2. The van der Waals surface area contributed by atoms with Gasteiger partial charge in [0, 0.05) is 51.5 Å². The number of sulfonamides is 1. The Kier molecular flexibility index (Phi) is 7.54. The van der Waals surface area contributed by atoms with Gasteiger partial charge in [-0.05, 0) is 18.2 Å². The summed E-state index contributed by atoms with van der Waals surface area (Å²) in [6.45, 7) is 4.84. The predicted octanol–water partition coefficient (Wildman–Crippen LogP) is 0.569. The molecule has 11 heteroatoms. The minimum absolute atomic E-state index is 0.0447. The molecule has 1 N–H and O–H groups in total. The minimum atomic E-state index is -3.76. The SMILES string of the molecule is CCN(CC)S(=O)(=O)c1ccc(=O)n(CC(=O)N2CCN(C(=O)c3ccccc3O)CC2)c1. The van der Waals surface area contributed by atoms with Crippen LogP contribution in [0.15, 0.2) is 52.3 Å². The van der Waals surface area contributed by atoms with Gasteiger partial charge in [-0.3, -0.25) is 14.4 Å². The third-order valence-corrected chi connectivity index (χ3v) is 7.69. The minimum Gasteiger partial charge on any atom is -0.507 e. The quantitative estimate of drug-likeness (QED) is 0.624. The Hall–Kier alpha value is -3.18. The van der Waals surface area contributed by atoms with Crippen LogP contribution >= 0.6 is 0 Å². The number of pyridine rings is 1. The molecule has 0 aliphatic carbocycles. The molecule has 0 bridgehead atoms. The van der Waals surface area contributed by atoms with E-state index in [2.05, 4.69) is 0 Å². The van der Waals surface area contributed by atoms with Crippen molar-refractivity contribution in [2.45, 2.75) is 25.3 Å². The standard InChI is InChI=1S/C22H28N4O6S/c1-3-26(4-2)33(31,32)17-9-10-20(28)25(15-17)16-21(29)23-11-13-24(14-12-23)22(30)18-7-5-6-8-19(18)27/h5-10,15,27H,3-4,11-14,16H2,1-2H3. The van der Waals surface area contributed by atoms with Gasteiger partial charge in [-0.2, -0.15) is 4.31 Å². The molecule has 1 aliphatic rings. The Morgan fingerprint density at radius 3 is 2.18 bits per heavy atom. The summed E-state index contributed by atoms with van der Waals surface area (Å²) < 4.78 is 27.9. The number of rotatable bonds is 7. The van der Waals surface area contributed by atoms with Gasteiger partial charge in [0.1, 0.15) is 12.3 Å². The molecule has 3 rings (SSSR count). The molecule has 2 heterocycles. The molecule has 10 nitrogen and oxygen atoms in total. The Morgan fingerprint density at radius 2 is 1.58 bits per heavy atom. The summed E-state index contributed by atoms with van der Waals surface area (Å²) in [5.74, 6) is -0.755. The van der Waals surface area contributed by atoms with Gasteiger partial charge in [0.25, 0.3) is 11.5 Å². The average molecular weight is 477 g/mol. The molecule has 1 aromatic heterocycles. The molecule has 2 amide bonds. The molecule has 0 saturated carbocycles. The fourth-order valence-corrected chi connectivity index (χ4v) is 5.21. The molecule has 0 unspecified atom stereocenters. The first kappa shape index (κ1) is 24.5. The number of hydrogen-bond acceptors (Lipinski definition) is 6. The summed E-state index contributed by atoms with van der Waals surface area (Å²) in [7, 11) is -3.76. The van der Waals surface area contributed by atoms with E-state index >= 15 is 0 Å². The highest BCUT2D eigenvalue weighted by atomic mass is 32.2. The molecular weight excluding hydrogens is 448 g/mol. The molecule has 33 heavy (non-hydrogen) atoms. The van der Waals surface area contributed by atoms with E-state index in [0.29, 0.717) is 13.1 Å². The molecule has 1 aliphatic heterocycles. The molecule has 0 spiro atoms. The molecule has 1 aromatic carbocycles. The van der Waals surface area contributed by atoms with E-state index in [1.807, 2.05) is 0 Å². The third-order valence-electron chi connectivity index (χ3n) is 5.66. The highest BCUT2D eigenvalue weighted by Crippen LogP contribution is 2.19. The first-order valence-electron chi connectivity index (χ1n) is 10.7. The normalized spacial score (nSPS) is 14.5. The monoisotopic (exact) mass is 476 g/mol. The first-order valence-corrected chi connectivity index (χ1v) is 12.2. The number of phenols is 1. The van der Waals surface area contributed by atoms with Crippen molar-refractivity contribution in [3.05, 3.63) is 58.5 Å². The van der Waals surface area contributed by atoms with Gasteiger partial charge in [-0.15, -0.1) is 0 Å². The Balaban J connectivity index is 1.67. The van der Waals surface area contributed by atoms with Crippen molar-refractivity contribution in [3.8, 4) is 5.75 Å². The predicted molar refractivity (Wildman–Crippen MR) is 121 cm³/mol. The maximum Gasteiger partial charge on any atom is 0.257 e. The number of aromatic hydroxyl groups is 1. The summed E-state index contributed by atoms with van der Waals surface area (Å²) in [6.07, 6.45) is 1.20. The van der Waals surface area contributed by atoms with Crippen molar-refractivity contribution in [2.75, 3.05) is 39.3 Å². The van der Waals surface area contributed by atoms with E-state index < -0.39 is 15.6 Å². The van der Waals surface area contributed by atoms with E-state index in [9.17, 15) is 27.9 Å². The van der Waals surface area contributed by atoms with Crippen LogP contribution in [-0.2, 0) is 21.4 Å². The van der Waals surface area contributed by atoms with E-state index in [1.54, 1.807) is 36.9 Å². The number of benzene rings is 1. The molecule has 0 atom stereocenters. The molecular formula is C22H28N4O6S. The average Bonchev–Trinajstić information content (AvgIpc) is 2.81. The van der Waals surface area contributed by atoms with E-state index in [0.717, 1.165) is 10.6 Å². The largest absolute Gasteiger partial charge is 0.507 e. The lowest BCUT2D eigenvalue weighted by Crippen LogP contribution is -2.51. The summed E-state index contributed by atoms with van der Waals surface area (Å²) in [5, 5.41) is 9.90. The molecule has 178 valence electrons. The van der Waals surface area contributed by atoms with E-state index in [1.165, 1.54) is 27.5 Å². The van der Waals surface area contributed by atoms with Gasteiger partial charge < -0.3 is 19.5 Å². The van der Waals surface area contributed by atoms with Crippen LogP contribution in [0, 0.1) is 0 Å². The van der Waals surface area contributed by atoms with Crippen molar-refractivity contribution in [1.29, 1.82) is 0 Å². The highest BCUT2D eigenvalue weighted by Gasteiger charge is 2.27. The fourth-order valence-electron chi connectivity index (χ4n) is 3.73. The van der Waals surface area contributed by atoms with Gasteiger partial charge >= 0.3 is 0 Å². The number of amides is 2. The van der Waals surface area contributed by atoms with Gasteiger partial charge in [0.2, 0.25) is 15.9 Å². The molecule has 1 fully saturated rings. The van der Waals surface area contributed by atoms with Crippen LogP contribution in [0.5, 0.6) is 5.75 Å². The maximum atomic E-state index is 12.8. The third kappa shape index (κ3) is 5.25. The van der Waals surface area contributed by atoms with Gasteiger partial charge in [-0.25, -0.2) is 8.42 Å². The lowest BCUT2D eigenvalue weighted by Gasteiger charge is -2.35. The summed E-state index contributed by atoms with van der Waals surface area (Å²) in [5.41, 5.74) is -0.273. The van der Waals surface area contributed by atoms with Crippen molar-refractivity contribution in [2.24, 2.45) is 0 Å². The topological polar surface area (TPSA) is 120 Å². The smallest absolute Gasteiger partial charge is 0.257 e. The second-order valence-electron chi connectivity index (χ2n) is 7.61. The number of piperazine rings is 1. The van der Waals surface area contributed by atoms with Crippen LogP contribution in [0.3, 0.4) is 0 Å². The highest BCUT2D eigenvalue weighted by molar-refractivity contribution is 7.89. The van der Waals surface area contributed by atoms with Crippen molar-refractivity contribution < 1.29 is 23.1 Å². The number of para-hydroxylation sites is 1. The Bertz CT molecular complexity index is 1180. The second-order valence-corrected chi connectivity index (χ2v) is 9.55. The fraction of sp³-hybridized carbons (Fsp3) is 0.409. The van der Waals surface area contributed by atoms with E-state index in [-0.39, 0.29) is 60.7 Å². The lowest BCUT2D eigenvalue weighted by molar-refractivity contribution is -0.133. The van der Waals surface area contributed by atoms with Gasteiger partial charge in [-0.1, -0.05) is 26.0 Å². The van der Waals surface area contributed by atoms with Crippen LogP contribution in [-0.4, -0.2) is 83.3 Å². The van der Waals surface area contributed by atoms with Gasteiger partial charge in [0.05, 0.1) is 10.5 Å².